The molecule has 11 heteroatoms. The molecule has 0 aliphatic carbocycles. The van der Waals surface area contributed by atoms with E-state index in [0.717, 1.165) is 22.5 Å². The Balaban J connectivity index is 1.50. The Kier molecular flexibility index (Phi) is 7.46. The zero-order chi connectivity index (χ0) is 24.8. The number of alkyl carbamates (subject to hydrolysis) is 1. The van der Waals surface area contributed by atoms with Crippen molar-refractivity contribution in [3.05, 3.63) is 61.1 Å². The van der Waals surface area contributed by atoms with Crippen molar-refractivity contribution in [3.8, 4) is 5.75 Å². The number of hydrogen-bond donors (Lipinski definition) is 3. The van der Waals surface area contributed by atoms with Crippen molar-refractivity contribution in [1.82, 2.24) is 24.8 Å². The number of piperidine rings is 1. The summed E-state index contributed by atoms with van der Waals surface area (Å²) in [4.78, 5) is 30.4. The number of amides is 1. The van der Waals surface area contributed by atoms with E-state index in [1.165, 1.54) is 12.4 Å². The summed E-state index contributed by atoms with van der Waals surface area (Å²) in [6.45, 7) is 4.97. The van der Waals surface area contributed by atoms with Gasteiger partial charge in [0, 0.05) is 43.6 Å². The van der Waals surface area contributed by atoms with Gasteiger partial charge in [-0.25, -0.2) is 14.3 Å². The fourth-order valence-electron chi connectivity index (χ4n) is 4.23. The Morgan fingerprint density at radius 2 is 2.20 bits per heavy atom. The van der Waals surface area contributed by atoms with Crippen LogP contribution in [0.3, 0.4) is 0 Å². The van der Waals surface area contributed by atoms with Gasteiger partial charge in [-0.15, -0.1) is 0 Å². The predicted octanol–water partition coefficient (Wildman–Crippen LogP) is 2.67. The predicted molar refractivity (Wildman–Crippen MR) is 129 cm³/mol. The second kappa shape index (κ2) is 10.9. The molecule has 2 aromatic heterocycles. The number of carboxylic acid groups (broad SMARTS) is 1. The van der Waals surface area contributed by atoms with Gasteiger partial charge in [0.25, 0.3) is 0 Å². The van der Waals surface area contributed by atoms with Crippen LogP contribution >= 0.6 is 0 Å². The molecule has 1 aromatic carbocycles. The third-order valence-electron chi connectivity index (χ3n) is 5.91. The number of aliphatic carboxylic acids is 1. The minimum Gasteiger partial charge on any atom is -0.497 e. The number of anilines is 2. The van der Waals surface area contributed by atoms with E-state index in [2.05, 4.69) is 32.2 Å². The summed E-state index contributed by atoms with van der Waals surface area (Å²) in [5.74, 6) is -0.376. The molecule has 1 saturated heterocycles. The van der Waals surface area contributed by atoms with Crippen LogP contribution in [-0.2, 0) is 16.1 Å². The second-order valence-corrected chi connectivity index (χ2v) is 8.21. The molecule has 11 nitrogen and oxygen atoms in total. The summed E-state index contributed by atoms with van der Waals surface area (Å²) >= 11 is 0. The first-order chi connectivity index (χ1) is 17.0. The molecule has 4 rings (SSSR count). The van der Waals surface area contributed by atoms with Crippen LogP contribution in [0.15, 0.2) is 55.5 Å². The number of rotatable bonds is 9. The highest BCUT2D eigenvalue weighted by Crippen LogP contribution is 2.27. The maximum atomic E-state index is 12.0. The Labute approximate surface area is 202 Å². The molecule has 3 heterocycles. The van der Waals surface area contributed by atoms with E-state index < -0.39 is 24.0 Å². The molecule has 3 N–H and O–H groups in total. The summed E-state index contributed by atoms with van der Waals surface area (Å²) in [5.41, 5.74) is 2.57. The van der Waals surface area contributed by atoms with Crippen LogP contribution in [0.2, 0.25) is 0 Å². The molecule has 1 fully saturated rings. The van der Waals surface area contributed by atoms with Gasteiger partial charge >= 0.3 is 12.1 Å². The lowest BCUT2D eigenvalue weighted by atomic mass is 9.92. The number of benzene rings is 1. The molecule has 0 saturated carbocycles. The van der Waals surface area contributed by atoms with Crippen LogP contribution < -0.4 is 15.4 Å². The van der Waals surface area contributed by atoms with Crippen LogP contribution in [0.5, 0.6) is 5.75 Å². The molecular weight excluding hydrogens is 452 g/mol. The van der Waals surface area contributed by atoms with Gasteiger partial charge in [-0.1, -0.05) is 18.7 Å². The molecule has 0 bridgehead atoms. The first kappa shape index (κ1) is 24.0. The maximum absolute atomic E-state index is 12.0. The van der Waals surface area contributed by atoms with Gasteiger partial charge in [-0.3, -0.25) is 9.69 Å². The van der Waals surface area contributed by atoms with Crippen LogP contribution in [0.25, 0.3) is 5.52 Å². The monoisotopic (exact) mass is 480 g/mol. The van der Waals surface area contributed by atoms with Crippen molar-refractivity contribution < 1.29 is 24.2 Å². The molecule has 1 amide bonds. The topological polar surface area (TPSA) is 130 Å². The number of hydrogen-bond acceptors (Lipinski definition) is 8. The van der Waals surface area contributed by atoms with Crippen molar-refractivity contribution in [2.75, 3.05) is 32.1 Å². The normalized spacial score (nSPS) is 18.1. The number of carbonyl (C=O) groups is 2. The number of nitrogens with one attached hydrogen (secondary N) is 2. The van der Waals surface area contributed by atoms with Crippen LogP contribution in [0, 0.1) is 5.92 Å². The second-order valence-electron chi connectivity index (χ2n) is 8.21. The van der Waals surface area contributed by atoms with Gasteiger partial charge in [-0.2, -0.15) is 5.10 Å². The average molecular weight is 481 g/mol. The van der Waals surface area contributed by atoms with Crippen LogP contribution in [0.1, 0.15) is 12.0 Å². The van der Waals surface area contributed by atoms with E-state index in [1.807, 2.05) is 36.5 Å². The Morgan fingerprint density at radius 1 is 1.34 bits per heavy atom. The highest BCUT2D eigenvalue weighted by atomic mass is 16.5. The highest BCUT2D eigenvalue weighted by Gasteiger charge is 2.35. The van der Waals surface area contributed by atoms with E-state index in [4.69, 9.17) is 9.47 Å². The van der Waals surface area contributed by atoms with Gasteiger partial charge in [0.15, 0.2) is 5.82 Å². The summed E-state index contributed by atoms with van der Waals surface area (Å²) in [6.07, 6.45) is 4.63. The van der Waals surface area contributed by atoms with Gasteiger partial charge < -0.3 is 25.2 Å². The fraction of sp³-hybridized carbons (Fsp3) is 0.333. The molecule has 2 atom stereocenters. The Hall–Kier alpha value is -4.12. The zero-order valence-electron chi connectivity index (χ0n) is 19.4. The third-order valence-corrected chi connectivity index (χ3v) is 5.91. The van der Waals surface area contributed by atoms with E-state index >= 15 is 0 Å². The summed E-state index contributed by atoms with van der Waals surface area (Å²) in [7, 11) is 1.61. The van der Waals surface area contributed by atoms with Gasteiger partial charge in [-0.05, 0) is 30.2 Å². The lowest BCUT2D eigenvalue weighted by Crippen LogP contribution is -2.53. The third kappa shape index (κ3) is 5.69. The smallest absolute Gasteiger partial charge is 0.407 e. The maximum Gasteiger partial charge on any atom is 0.407 e. The fourth-order valence-corrected chi connectivity index (χ4v) is 4.23. The largest absolute Gasteiger partial charge is 0.497 e. The SMILES string of the molecule is C=CCOC(=O)N[C@@H]1CCN(Cc2ccn3ncnc(Nc4cccc(OC)c4)c23)C[C@H]1C(=O)O. The molecule has 0 unspecified atom stereocenters. The molecule has 0 radical (unpaired) electrons. The molecule has 1 aliphatic heterocycles. The Bertz CT molecular complexity index is 1210. The van der Waals surface area contributed by atoms with Gasteiger partial charge in [0.1, 0.15) is 24.2 Å². The molecular formula is C24H28N6O5. The van der Waals surface area contributed by atoms with E-state index in [9.17, 15) is 14.7 Å². The zero-order valence-corrected chi connectivity index (χ0v) is 19.4. The lowest BCUT2D eigenvalue weighted by Gasteiger charge is -2.36. The first-order valence-corrected chi connectivity index (χ1v) is 11.2. The molecule has 184 valence electrons. The number of fused-ring (bicyclic) bond motifs is 1. The first-order valence-electron chi connectivity index (χ1n) is 11.2. The van der Waals surface area contributed by atoms with E-state index in [1.54, 1.807) is 11.6 Å². The summed E-state index contributed by atoms with van der Waals surface area (Å²) in [6, 6.07) is 8.97. The molecule has 1 aliphatic rings. The number of carboxylic acids is 1. The standard InChI is InChI=1S/C24H28N6O5/c1-3-11-35-24(33)28-20-8-9-29(14-19(20)23(31)32)13-16-7-10-30-21(16)22(25-15-26-30)27-17-5-4-6-18(12-17)34-2/h3-7,10,12,15,19-20H,1,8-9,11,13-14H2,2H3,(H,28,33)(H,31,32)(H,25,26,27)/t19-,20-/m1/s1. The van der Waals surface area contributed by atoms with Crippen molar-refractivity contribution in [2.45, 2.75) is 19.0 Å². The quantitative estimate of drug-likeness (QED) is 0.396. The Morgan fingerprint density at radius 3 is 2.97 bits per heavy atom. The molecule has 35 heavy (non-hydrogen) atoms. The minimum absolute atomic E-state index is 0.0678. The number of aromatic nitrogens is 3. The number of ether oxygens (including phenoxy) is 2. The van der Waals surface area contributed by atoms with E-state index in [-0.39, 0.29) is 13.2 Å². The van der Waals surface area contributed by atoms with Crippen LogP contribution in [0.4, 0.5) is 16.3 Å². The van der Waals surface area contributed by atoms with Gasteiger partial charge in [0.2, 0.25) is 0 Å². The van der Waals surface area contributed by atoms with E-state index in [0.29, 0.717) is 25.3 Å². The lowest BCUT2D eigenvalue weighted by molar-refractivity contribution is -0.144. The number of carbonyl (C=O) groups excluding carboxylic acids is 1. The average Bonchev–Trinajstić information content (AvgIpc) is 3.27. The minimum atomic E-state index is -0.964. The summed E-state index contributed by atoms with van der Waals surface area (Å²) < 4.78 is 12.0. The van der Waals surface area contributed by atoms with Gasteiger partial charge in [0.05, 0.1) is 13.0 Å². The van der Waals surface area contributed by atoms with Crippen molar-refractivity contribution in [1.29, 1.82) is 0 Å². The number of methoxy groups -OCH3 is 1. The van der Waals surface area contributed by atoms with Crippen molar-refractivity contribution in [3.63, 3.8) is 0 Å². The molecule has 0 spiro atoms. The summed E-state index contributed by atoms with van der Waals surface area (Å²) in [5, 5.41) is 20.1. The highest BCUT2D eigenvalue weighted by molar-refractivity contribution is 5.77. The van der Waals surface area contributed by atoms with Crippen molar-refractivity contribution >= 4 is 29.1 Å². The molecule has 3 aromatic rings. The number of likely N-dealkylation sites (tertiary alicyclic amines) is 1. The van der Waals surface area contributed by atoms with Crippen LogP contribution in [-0.4, -0.2) is 69.5 Å². The van der Waals surface area contributed by atoms with Crippen molar-refractivity contribution in [2.24, 2.45) is 5.92 Å². The number of nitrogens with zero attached hydrogens (tertiary/aromatic N) is 4.